The maximum absolute atomic E-state index is 5.30. The smallest absolute Gasteiger partial charge is 0.123 e. The highest BCUT2D eigenvalue weighted by atomic mass is 79.9. The molecule has 0 bridgehead atoms. The van der Waals surface area contributed by atoms with Gasteiger partial charge in [-0.1, -0.05) is 18.2 Å². The van der Waals surface area contributed by atoms with Gasteiger partial charge in [0.25, 0.3) is 0 Å². The van der Waals surface area contributed by atoms with Gasteiger partial charge in [-0.3, -0.25) is 4.98 Å². The molecule has 1 N–H and O–H groups in total. The summed E-state index contributed by atoms with van der Waals surface area (Å²) >= 11 is 3.37. The van der Waals surface area contributed by atoms with Crippen LogP contribution in [-0.4, -0.2) is 12.1 Å². The number of benzene rings is 1. The van der Waals surface area contributed by atoms with Crippen LogP contribution in [-0.2, 0) is 13.1 Å². The molecule has 0 saturated carbocycles. The van der Waals surface area contributed by atoms with E-state index in [1.165, 1.54) is 0 Å². The van der Waals surface area contributed by atoms with Gasteiger partial charge in [0.1, 0.15) is 5.75 Å². The number of nitrogens with one attached hydrogen (secondary N) is 1. The summed E-state index contributed by atoms with van der Waals surface area (Å²) in [6.45, 7) is 1.51. The van der Waals surface area contributed by atoms with Crippen LogP contribution < -0.4 is 10.1 Å². The Morgan fingerprint density at radius 2 is 2.00 bits per heavy atom. The van der Waals surface area contributed by atoms with E-state index in [1.54, 1.807) is 13.3 Å². The van der Waals surface area contributed by atoms with Gasteiger partial charge in [0, 0.05) is 29.3 Å². The highest BCUT2D eigenvalue weighted by Crippen LogP contribution is 2.16. The average molecular weight is 307 g/mol. The molecule has 18 heavy (non-hydrogen) atoms. The maximum atomic E-state index is 5.30. The zero-order valence-electron chi connectivity index (χ0n) is 10.2. The number of ether oxygens (including phenoxy) is 1. The van der Waals surface area contributed by atoms with Crippen molar-refractivity contribution in [3.63, 3.8) is 0 Å². The van der Waals surface area contributed by atoms with Crippen LogP contribution in [0.4, 0.5) is 0 Å². The third kappa shape index (κ3) is 3.55. The monoisotopic (exact) mass is 306 g/mol. The standard InChI is InChI=1S/C14H15BrN2O/c1-18-14-5-3-2-4-11(14)8-16-10-13-7-6-12(15)9-17-13/h2-7,9,16H,8,10H2,1H3. The average Bonchev–Trinajstić information content (AvgIpc) is 2.41. The zero-order valence-corrected chi connectivity index (χ0v) is 11.8. The van der Waals surface area contributed by atoms with E-state index >= 15 is 0 Å². The van der Waals surface area contributed by atoms with Gasteiger partial charge in [0.2, 0.25) is 0 Å². The minimum absolute atomic E-state index is 0.741. The molecular weight excluding hydrogens is 292 g/mol. The van der Waals surface area contributed by atoms with Crippen molar-refractivity contribution in [3.05, 3.63) is 58.3 Å². The molecule has 3 nitrogen and oxygen atoms in total. The third-order valence-electron chi connectivity index (χ3n) is 2.60. The molecule has 0 spiro atoms. The highest BCUT2D eigenvalue weighted by molar-refractivity contribution is 9.10. The number of hydrogen-bond acceptors (Lipinski definition) is 3. The lowest BCUT2D eigenvalue weighted by molar-refractivity contribution is 0.407. The molecule has 0 aliphatic carbocycles. The van der Waals surface area contributed by atoms with Crippen molar-refractivity contribution in [2.45, 2.75) is 13.1 Å². The van der Waals surface area contributed by atoms with Gasteiger partial charge in [-0.05, 0) is 34.1 Å². The van der Waals surface area contributed by atoms with Crippen molar-refractivity contribution >= 4 is 15.9 Å². The molecule has 0 amide bonds. The Balaban J connectivity index is 1.90. The van der Waals surface area contributed by atoms with Crippen LogP contribution in [0.3, 0.4) is 0 Å². The summed E-state index contributed by atoms with van der Waals surface area (Å²) in [5.41, 5.74) is 2.17. The third-order valence-corrected chi connectivity index (χ3v) is 3.07. The van der Waals surface area contributed by atoms with Crippen LogP contribution in [0.25, 0.3) is 0 Å². The van der Waals surface area contributed by atoms with E-state index in [9.17, 15) is 0 Å². The van der Waals surface area contributed by atoms with Gasteiger partial charge < -0.3 is 10.1 Å². The molecule has 1 aromatic heterocycles. The fourth-order valence-corrected chi connectivity index (χ4v) is 1.92. The molecule has 0 aliphatic heterocycles. The van der Waals surface area contributed by atoms with Gasteiger partial charge in [0.05, 0.1) is 12.8 Å². The first-order valence-corrected chi connectivity index (χ1v) is 6.52. The number of nitrogens with zero attached hydrogens (tertiary/aromatic N) is 1. The summed E-state index contributed by atoms with van der Waals surface area (Å²) < 4.78 is 6.30. The minimum Gasteiger partial charge on any atom is -0.496 e. The Kier molecular flexibility index (Phi) is 4.73. The first-order valence-electron chi connectivity index (χ1n) is 5.72. The summed E-state index contributed by atoms with van der Waals surface area (Å²) in [5.74, 6) is 0.911. The summed E-state index contributed by atoms with van der Waals surface area (Å²) in [7, 11) is 1.69. The number of rotatable bonds is 5. The summed E-state index contributed by atoms with van der Waals surface area (Å²) in [4.78, 5) is 4.31. The van der Waals surface area contributed by atoms with Gasteiger partial charge >= 0.3 is 0 Å². The number of para-hydroxylation sites is 1. The van der Waals surface area contributed by atoms with Crippen LogP contribution in [0.1, 0.15) is 11.3 Å². The number of halogens is 1. The zero-order chi connectivity index (χ0) is 12.8. The number of pyridine rings is 1. The Morgan fingerprint density at radius 1 is 1.17 bits per heavy atom. The van der Waals surface area contributed by atoms with Gasteiger partial charge in [-0.15, -0.1) is 0 Å². The summed E-state index contributed by atoms with van der Waals surface area (Å²) in [5, 5.41) is 3.35. The molecule has 4 heteroatoms. The predicted molar refractivity (Wildman–Crippen MR) is 75.5 cm³/mol. The molecule has 0 radical (unpaired) electrons. The van der Waals surface area contributed by atoms with Gasteiger partial charge in [-0.25, -0.2) is 0 Å². The molecule has 94 valence electrons. The molecule has 1 heterocycles. The van der Waals surface area contributed by atoms with E-state index < -0.39 is 0 Å². The van der Waals surface area contributed by atoms with Crippen LogP contribution in [0.5, 0.6) is 5.75 Å². The Labute approximate surface area is 115 Å². The van der Waals surface area contributed by atoms with Crippen molar-refractivity contribution in [1.29, 1.82) is 0 Å². The summed E-state index contributed by atoms with van der Waals surface area (Å²) in [6, 6.07) is 12.0. The first-order chi connectivity index (χ1) is 8.79. The first kappa shape index (κ1) is 13.1. The van der Waals surface area contributed by atoms with Crippen LogP contribution in [0.15, 0.2) is 47.1 Å². The van der Waals surface area contributed by atoms with Crippen molar-refractivity contribution in [2.75, 3.05) is 7.11 Å². The molecule has 0 unspecified atom stereocenters. The number of methoxy groups -OCH3 is 1. The second kappa shape index (κ2) is 6.52. The molecule has 2 rings (SSSR count). The lowest BCUT2D eigenvalue weighted by Crippen LogP contribution is -2.14. The quantitative estimate of drug-likeness (QED) is 0.921. The van der Waals surface area contributed by atoms with Crippen molar-refractivity contribution in [1.82, 2.24) is 10.3 Å². The SMILES string of the molecule is COc1ccccc1CNCc1ccc(Br)cn1. The molecular formula is C14H15BrN2O. The molecule has 2 aromatic rings. The Bertz CT molecular complexity index is 499. The topological polar surface area (TPSA) is 34.1 Å². The van der Waals surface area contributed by atoms with Crippen molar-refractivity contribution in [3.8, 4) is 5.75 Å². The van der Waals surface area contributed by atoms with E-state index in [4.69, 9.17) is 4.74 Å². The van der Waals surface area contributed by atoms with Crippen molar-refractivity contribution in [2.24, 2.45) is 0 Å². The number of aromatic nitrogens is 1. The molecule has 0 aliphatic rings. The Hall–Kier alpha value is -1.39. The van der Waals surface area contributed by atoms with E-state index in [-0.39, 0.29) is 0 Å². The van der Waals surface area contributed by atoms with E-state index in [1.807, 2.05) is 30.3 Å². The van der Waals surface area contributed by atoms with E-state index in [0.717, 1.165) is 34.6 Å². The van der Waals surface area contributed by atoms with E-state index in [2.05, 4.69) is 32.3 Å². The lowest BCUT2D eigenvalue weighted by atomic mass is 10.2. The van der Waals surface area contributed by atoms with Crippen LogP contribution in [0, 0.1) is 0 Å². The second-order valence-electron chi connectivity index (χ2n) is 3.88. The second-order valence-corrected chi connectivity index (χ2v) is 4.80. The number of hydrogen-bond donors (Lipinski definition) is 1. The minimum atomic E-state index is 0.741. The van der Waals surface area contributed by atoms with Gasteiger partial charge in [0.15, 0.2) is 0 Å². The largest absolute Gasteiger partial charge is 0.496 e. The van der Waals surface area contributed by atoms with Crippen LogP contribution >= 0.6 is 15.9 Å². The molecule has 0 fully saturated rings. The molecule has 1 aromatic carbocycles. The van der Waals surface area contributed by atoms with Crippen LogP contribution in [0.2, 0.25) is 0 Å². The molecule has 0 saturated heterocycles. The predicted octanol–water partition coefficient (Wildman–Crippen LogP) is 3.14. The normalized spacial score (nSPS) is 10.3. The molecule has 0 atom stereocenters. The summed E-state index contributed by atoms with van der Waals surface area (Å²) in [6.07, 6.45) is 1.81. The maximum Gasteiger partial charge on any atom is 0.123 e. The lowest BCUT2D eigenvalue weighted by Gasteiger charge is -2.09. The fraction of sp³-hybridized carbons (Fsp3) is 0.214. The highest BCUT2D eigenvalue weighted by Gasteiger charge is 2.01. The van der Waals surface area contributed by atoms with Crippen molar-refractivity contribution < 1.29 is 4.74 Å². The van der Waals surface area contributed by atoms with Gasteiger partial charge in [-0.2, -0.15) is 0 Å². The Morgan fingerprint density at radius 3 is 2.72 bits per heavy atom. The van der Waals surface area contributed by atoms with E-state index in [0.29, 0.717) is 0 Å². The fourth-order valence-electron chi connectivity index (χ4n) is 1.69.